The van der Waals surface area contributed by atoms with E-state index in [1.807, 2.05) is 0 Å². The van der Waals surface area contributed by atoms with Crippen LogP contribution in [0, 0.1) is 0 Å². The molecule has 0 spiro atoms. The number of carbonyl (C=O) groups is 3. The van der Waals surface area contributed by atoms with Gasteiger partial charge in [0.05, 0.1) is 19.6 Å². The van der Waals surface area contributed by atoms with Crippen molar-refractivity contribution >= 4 is 23.8 Å². The van der Waals surface area contributed by atoms with Gasteiger partial charge in [0.15, 0.2) is 0 Å². The van der Waals surface area contributed by atoms with Crippen LogP contribution >= 0.6 is 0 Å². The van der Waals surface area contributed by atoms with Crippen LogP contribution < -0.4 is 15.4 Å². The molecule has 0 aliphatic heterocycles. The fourth-order valence-electron chi connectivity index (χ4n) is 1.54. The third-order valence-electron chi connectivity index (χ3n) is 2.50. The van der Waals surface area contributed by atoms with Crippen LogP contribution in [0.5, 0.6) is 5.75 Å². The molecule has 0 radical (unpaired) electrons. The molecule has 0 aromatic heterocycles. The van der Waals surface area contributed by atoms with E-state index in [4.69, 9.17) is 9.47 Å². The van der Waals surface area contributed by atoms with Gasteiger partial charge in [0.25, 0.3) is 0 Å². The van der Waals surface area contributed by atoms with E-state index < -0.39 is 12.2 Å². The van der Waals surface area contributed by atoms with Crippen molar-refractivity contribution in [3.8, 4) is 5.75 Å². The minimum Gasteiger partial charge on any atom is -0.466 e. The maximum absolute atomic E-state index is 11.6. The molecule has 0 unspecified atom stereocenters. The molecular weight excluding hydrogens is 304 g/mol. The van der Waals surface area contributed by atoms with Gasteiger partial charge in [-0.1, -0.05) is 0 Å². The number of anilines is 1. The van der Waals surface area contributed by atoms with Crippen LogP contribution in [0.2, 0.25) is 0 Å². The van der Waals surface area contributed by atoms with Gasteiger partial charge >= 0.3 is 18.2 Å². The summed E-state index contributed by atoms with van der Waals surface area (Å²) in [6, 6.07) is 5.73. The van der Waals surface area contributed by atoms with Gasteiger partial charge in [-0.3, -0.25) is 4.79 Å². The van der Waals surface area contributed by atoms with E-state index in [1.165, 1.54) is 12.1 Å². The van der Waals surface area contributed by atoms with Crippen LogP contribution in [-0.2, 0) is 14.3 Å². The summed E-state index contributed by atoms with van der Waals surface area (Å²) in [4.78, 5) is 33.9. The first-order chi connectivity index (χ1) is 11.0. The maximum atomic E-state index is 11.6. The van der Waals surface area contributed by atoms with Crippen LogP contribution in [0.3, 0.4) is 0 Å². The van der Waals surface area contributed by atoms with Crippen LogP contribution in [-0.4, -0.2) is 37.9 Å². The highest BCUT2D eigenvalue weighted by Gasteiger charge is 2.07. The van der Waals surface area contributed by atoms with E-state index in [-0.39, 0.29) is 25.5 Å². The number of ether oxygens (including phenoxy) is 3. The van der Waals surface area contributed by atoms with Crippen LogP contribution in [0.4, 0.5) is 15.3 Å². The molecule has 1 aromatic rings. The van der Waals surface area contributed by atoms with Gasteiger partial charge in [-0.25, -0.2) is 9.59 Å². The lowest BCUT2D eigenvalue weighted by molar-refractivity contribution is -0.142. The number of rotatable bonds is 7. The van der Waals surface area contributed by atoms with Crippen molar-refractivity contribution in [2.75, 3.05) is 25.1 Å². The standard InChI is InChI=1S/C15H20N2O6/c1-3-21-13(18)9-10-16-14(19)17-11-5-7-12(8-6-11)23-15(20)22-4-2/h5-8H,3-4,9-10H2,1-2H3,(H2,16,17,19). The molecule has 126 valence electrons. The summed E-state index contributed by atoms with van der Waals surface area (Å²) >= 11 is 0. The first-order valence-electron chi connectivity index (χ1n) is 7.20. The zero-order valence-electron chi connectivity index (χ0n) is 13.1. The van der Waals surface area contributed by atoms with Gasteiger partial charge in [0, 0.05) is 12.2 Å². The number of esters is 1. The number of amides is 2. The lowest BCUT2D eigenvalue weighted by Gasteiger charge is -2.08. The molecule has 1 rings (SSSR count). The van der Waals surface area contributed by atoms with E-state index in [9.17, 15) is 14.4 Å². The zero-order valence-corrected chi connectivity index (χ0v) is 13.1. The molecule has 2 N–H and O–H groups in total. The van der Waals surface area contributed by atoms with Gasteiger partial charge in [-0.05, 0) is 38.1 Å². The second-order valence-electron chi connectivity index (χ2n) is 4.25. The van der Waals surface area contributed by atoms with E-state index in [2.05, 4.69) is 15.4 Å². The molecule has 1 aromatic carbocycles. The molecular formula is C15H20N2O6. The van der Waals surface area contributed by atoms with Crippen LogP contribution in [0.15, 0.2) is 24.3 Å². The van der Waals surface area contributed by atoms with Gasteiger partial charge < -0.3 is 24.8 Å². The van der Waals surface area contributed by atoms with Crippen LogP contribution in [0.1, 0.15) is 20.3 Å². The zero-order chi connectivity index (χ0) is 17.1. The molecule has 0 fully saturated rings. The summed E-state index contributed by atoms with van der Waals surface area (Å²) < 4.78 is 14.3. The molecule has 8 heteroatoms. The lowest BCUT2D eigenvalue weighted by Crippen LogP contribution is -2.30. The summed E-state index contributed by atoms with van der Waals surface area (Å²) in [5.41, 5.74) is 0.509. The fourth-order valence-corrected chi connectivity index (χ4v) is 1.54. The minimum atomic E-state index is -0.787. The van der Waals surface area contributed by atoms with E-state index in [0.29, 0.717) is 18.0 Å². The topological polar surface area (TPSA) is 103 Å². The summed E-state index contributed by atoms with van der Waals surface area (Å²) in [5, 5.41) is 5.11. The molecule has 0 aliphatic carbocycles. The number of nitrogens with one attached hydrogen (secondary N) is 2. The Labute approximate surface area is 134 Å². The first-order valence-corrected chi connectivity index (χ1v) is 7.20. The summed E-state index contributed by atoms with van der Waals surface area (Å²) in [5.74, 6) is -0.0648. The Morgan fingerprint density at radius 1 is 1.00 bits per heavy atom. The van der Waals surface area contributed by atoms with Gasteiger partial charge in [0.2, 0.25) is 0 Å². The average Bonchev–Trinajstić information content (AvgIpc) is 2.50. The molecule has 0 bridgehead atoms. The number of hydrogen-bond acceptors (Lipinski definition) is 6. The third kappa shape index (κ3) is 7.70. The maximum Gasteiger partial charge on any atom is 0.513 e. The predicted molar refractivity (Wildman–Crippen MR) is 82.4 cm³/mol. The second-order valence-corrected chi connectivity index (χ2v) is 4.25. The number of urea groups is 1. The summed E-state index contributed by atoms with van der Waals surface area (Å²) in [6.07, 6.45) is -0.682. The average molecular weight is 324 g/mol. The predicted octanol–water partition coefficient (Wildman–Crippen LogP) is 2.30. The second kappa shape index (κ2) is 10.0. The minimum absolute atomic E-state index is 0.105. The molecule has 0 saturated carbocycles. The van der Waals surface area contributed by atoms with E-state index in [1.54, 1.807) is 26.0 Å². The Morgan fingerprint density at radius 3 is 2.26 bits per heavy atom. The van der Waals surface area contributed by atoms with Gasteiger partial charge in [-0.2, -0.15) is 0 Å². The lowest BCUT2D eigenvalue weighted by atomic mass is 10.3. The highest BCUT2D eigenvalue weighted by molar-refractivity contribution is 5.89. The molecule has 2 amide bonds. The molecule has 0 aliphatic rings. The van der Waals surface area contributed by atoms with Crippen molar-refractivity contribution in [1.82, 2.24) is 5.32 Å². The first kappa shape index (κ1) is 18.3. The van der Waals surface area contributed by atoms with E-state index >= 15 is 0 Å². The van der Waals surface area contributed by atoms with Crippen molar-refractivity contribution in [3.63, 3.8) is 0 Å². The fraction of sp³-hybridized carbons (Fsp3) is 0.400. The van der Waals surface area contributed by atoms with Crippen molar-refractivity contribution < 1.29 is 28.6 Å². The SMILES string of the molecule is CCOC(=O)CCNC(=O)Nc1ccc(OC(=O)OCC)cc1. The van der Waals surface area contributed by atoms with Crippen molar-refractivity contribution in [1.29, 1.82) is 0 Å². The highest BCUT2D eigenvalue weighted by Crippen LogP contribution is 2.16. The monoisotopic (exact) mass is 324 g/mol. The molecule has 0 atom stereocenters. The Kier molecular flexibility index (Phi) is 7.98. The number of benzene rings is 1. The number of carbonyl (C=O) groups excluding carboxylic acids is 3. The highest BCUT2D eigenvalue weighted by atomic mass is 16.7. The van der Waals surface area contributed by atoms with Gasteiger partial charge in [0.1, 0.15) is 5.75 Å². The van der Waals surface area contributed by atoms with Crippen molar-refractivity contribution in [3.05, 3.63) is 24.3 Å². The molecule has 8 nitrogen and oxygen atoms in total. The van der Waals surface area contributed by atoms with Gasteiger partial charge in [-0.15, -0.1) is 0 Å². The van der Waals surface area contributed by atoms with E-state index in [0.717, 1.165) is 0 Å². The Morgan fingerprint density at radius 2 is 1.65 bits per heavy atom. The Hall–Kier alpha value is -2.77. The normalized spacial score (nSPS) is 9.65. The van der Waals surface area contributed by atoms with Crippen LogP contribution in [0.25, 0.3) is 0 Å². The number of hydrogen-bond donors (Lipinski definition) is 2. The van der Waals surface area contributed by atoms with Crippen molar-refractivity contribution in [2.45, 2.75) is 20.3 Å². The Bertz CT molecular complexity index is 529. The quantitative estimate of drug-likeness (QED) is 0.589. The largest absolute Gasteiger partial charge is 0.513 e. The summed E-state index contributed by atoms with van der Waals surface area (Å²) in [6.45, 7) is 4.10. The molecule has 23 heavy (non-hydrogen) atoms. The van der Waals surface area contributed by atoms with Crippen molar-refractivity contribution in [2.24, 2.45) is 0 Å². The smallest absolute Gasteiger partial charge is 0.466 e. The summed E-state index contributed by atoms with van der Waals surface area (Å²) in [7, 11) is 0. The Balaban J connectivity index is 2.35. The third-order valence-corrected chi connectivity index (χ3v) is 2.50. The molecule has 0 heterocycles. The molecule has 0 saturated heterocycles.